The van der Waals surface area contributed by atoms with Crippen LogP contribution in [0.15, 0.2) is 42.7 Å². The number of hydrogen-bond donors (Lipinski definition) is 1. The first kappa shape index (κ1) is 16.2. The maximum Gasteiger partial charge on any atom is 0.308 e. The molecular formula is C18H21N3O3. The summed E-state index contributed by atoms with van der Waals surface area (Å²) < 4.78 is 1.82. The molecule has 1 aliphatic rings. The van der Waals surface area contributed by atoms with Gasteiger partial charge in [0.25, 0.3) is 5.91 Å². The molecule has 126 valence electrons. The van der Waals surface area contributed by atoms with E-state index in [0.29, 0.717) is 25.1 Å². The fraction of sp³-hybridized carbons (Fsp3) is 0.389. The highest BCUT2D eigenvalue weighted by atomic mass is 16.4. The molecule has 0 radical (unpaired) electrons. The van der Waals surface area contributed by atoms with Crippen LogP contribution in [0.25, 0.3) is 0 Å². The second-order valence-electron chi connectivity index (χ2n) is 6.49. The Bertz CT molecular complexity index is 710. The maximum absolute atomic E-state index is 12.7. The topological polar surface area (TPSA) is 75.4 Å². The summed E-state index contributed by atoms with van der Waals surface area (Å²) in [6, 6.07) is 9.30. The van der Waals surface area contributed by atoms with Gasteiger partial charge in [-0.1, -0.05) is 19.1 Å². The van der Waals surface area contributed by atoms with Crippen LogP contribution in [0.3, 0.4) is 0 Å². The number of piperidine rings is 1. The molecule has 1 N–H and O–H groups in total. The van der Waals surface area contributed by atoms with Crippen LogP contribution in [0.1, 0.15) is 29.3 Å². The number of carbonyl (C=O) groups is 2. The molecule has 1 fully saturated rings. The van der Waals surface area contributed by atoms with Gasteiger partial charge in [0, 0.05) is 31.0 Å². The average molecular weight is 327 g/mol. The van der Waals surface area contributed by atoms with E-state index in [9.17, 15) is 14.7 Å². The van der Waals surface area contributed by atoms with Crippen LogP contribution in [0.5, 0.6) is 0 Å². The third kappa shape index (κ3) is 3.64. The number of benzene rings is 1. The number of likely N-dealkylation sites (tertiary alicyclic amines) is 1. The predicted octanol–water partition coefficient (Wildman–Crippen LogP) is 2.11. The summed E-state index contributed by atoms with van der Waals surface area (Å²) in [4.78, 5) is 25.6. The van der Waals surface area contributed by atoms with Gasteiger partial charge in [-0.25, -0.2) is 0 Å². The molecule has 1 aromatic carbocycles. The van der Waals surface area contributed by atoms with Crippen molar-refractivity contribution < 1.29 is 14.7 Å². The van der Waals surface area contributed by atoms with Crippen molar-refractivity contribution in [2.75, 3.05) is 13.1 Å². The molecule has 1 aromatic heterocycles. The van der Waals surface area contributed by atoms with Crippen LogP contribution >= 0.6 is 0 Å². The number of carboxylic acids is 1. The number of hydrogen-bond acceptors (Lipinski definition) is 3. The average Bonchev–Trinajstić information content (AvgIpc) is 3.07. The van der Waals surface area contributed by atoms with Gasteiger partial charge in [-0.15, -0.1) is 0 Å². The fourth-order valence-corrected chi connectivity index (χ4v) is 3.21. The van der Waals surface area contributed by atoms with Gasteiger partial charge >= 0.3 is 5.97 Å². The van der Waals surface area contributed by atoms with Crippen LogP contribution in [0.4, 0.5) is 0 Å². The summed E-state index contributed by atoms with van der Waals surface area (Å²) in [5, 5.41) is 13.4. The molecule has 2 unspecified atom stereocenters. The van der Waals surface area contributed by atoms with Crippen molar-refractivity contribution >= 4 is 11.9 Å². The van der Waals surface area contributed by atoms with Crippen molar-refractivity contribution in [3.05, 3.63) is 53.9 Å². The Hall–Kier alpha value is -2.63. The number of carbonyl (C=O) groups excluding carboxylic acids is 1. The Balaban J connectivity index is 1.69. The zero-order valence-electron chi connectivity index (χ0n) is 13.6. The Labute approximate surface area is 140 Å². The third-order valence-electron chi connectivity index (χ3n) is 4.40. The van der Waals surface area contributed by atoms with E-state index in [2.05, 4.69) is 5.10 Å². The molecule has 0 bridgehead atoms. The monoisotopic (exact) mass is 327 g/mol. The van der Waals surface area contributed by atoms with E-state index in [1.807, 2.05) is 36.0 Å². The number of rotatable bonds is 4. The highest BCUT2D eigenvalue weighted by Gasteiger charge is 2.32. The highest BCUT2D eigenvalue weighted by Crippen LogP contribution is 2.23. The number of nitrogens with zero attached hydrogens (tertiary/aromatic N) is 3. The Morgan fingerprint density at radius 2 is 2.00 bits per heavy atom. The van der Waals surface area contributed by atoms with Crippen LogP contribution in [0, 0.1) is 11.8 Å². The molecule has 1 saturated heterocycles. The SMILES string of the molecule is CC1CC(C(=O)O)CN(C(=O)c2ccc(Cn3cccn3)cc2)C1. The molecular weight excluding hydrogens is 306 g/mol. The Morgan fingerprint density at radius 1 is 1.25 bits per heavy atom. The predicted molar refractivity (Wildman–Crippen MR) is 88.6 cm³/mol. The molecule has 0 aliphatic carbocycles. The van der Waals surface area contributed by atoms with Crippen molar-refractivity contribution in [1.82, 2.24) is 14.7 Å². The van der Waals surface area contributed by atoms with E-state index < -0.39 is 11.9 Å². The molecule has 6 heteroatoms. The quantitative estimate of drug-likeness (QED) is 0.933. The molecule has 0 spiro atoms. The molecule has 1 amide bonds. The van der Waals surface area contributed by atoms with Crippen molar-refractivity contribution in [2.24, 2.45) is 11.8 Å². The van der Waals surface area contributed by atoms with Gasteiger partial charge in [0.15, 0.2) is 0 Å². The molecule has 6 nitrogen and oxygen atoms in total. The van der Waals surface area contributed by atoms with E-state index in [1.54, 1.807) is 23.2 Å². The minimum Gasteiger partial charge on any atom is -0.481 e. The lowest BCUT2D eigenvalue weighted by Crippen LogP contribution is -2.45. The standard InChI is InChI=1S/C18H21N3O3/c1-13-9-16(18(23)24)12-20(10-13)17(22)15-5-3-14(4-6-15)11-21-8-2-7-19-21/h2-8,13,16H,9-12H2,1H3,(H,23,24). The van der Waals surface area contributed by atoms with Crippen LogP contribution in [-0.2, 0) is 11.3 Å². The minimum atomic E-state index is -0.825. The number of carboxylic acid groups (broad SMARTS) is 1. The fourth-order valence-electron chi connectivity index (χ4n) is 3.21. The smallest absolute Gasteiger partial charge is 0.308 e. The zero-order valence-corrected chi connectivity index (χ0v) is 13.6. The summed E-state index contributed by atoms with van der Waals surface area (Å²) in [6.07, 6.45) is 4.25. The second kappa shape index (κ2) is 6.86. The minimum absolute atomic E-state index is 0.0987. The Morgan fingerprint density at radius 3 is 2.62 bits per heavy atom. The summed E-state index contributed by atoms with van der Waals surface area (Å²) in [5.41, 5.74) is 1.66. The lowest BCUT2D eigenvalue weighted by atomic mass is 9.90. The van der Waals surface area contributed by atoms with Crippen LogP contribution in [-0.4, -0.2) is 44.8 Å². The summed E-state index contributed by atoms with van der Waals surface area (Å²) >= 11 is 0. The van der Waals surface area contributed by atoms with E-state index in [-0.39, 0.29) is 18.4 Å². The van der Waals surface area contributed by atoms with E-state index in [4.69, 9.17) is 0 Å². The van der Waals surface area contributed by atoms with E-state index in [0.717, 1.165) is 5.56 Å². The van der Waals surface area contributed by atoms with Crippen molar-refractivity contribution in [3.8, 4) is 0 Å². The van der Waals surface area contributed by atoms with Gasteiger partial charge in [-0.05, 0) is 36.1 Å². The van der Waals surface area contributed by atoms with Gasteiger partial charge in [-0.3, -0.25) is 14.3 Å². The zero-order chi connectivity index (χ0) is 17.1. The van der Waals surface area contributed by atoms with E-state index >= 15 is 0 Å². The van der Waals surface area contributed by atoms with Gasteiger partial charge in [0.2, 0.25) is 0 Å². The van der Waals surface area contributed by atoms with Gasteiger partial charge in [0.05, 0.1) is 12.5 Å². The first-order chi connectivity index (χ1) is 11.5. The number of aliphatic carboxylic acids is 1. The molecule has 0 saturated carbocycles. The molecule has 2 heterocycles. The van der Waals surface area contributed by atoms with Gasteiger partial charge < -0.3 is 10.0 Å². The van der Waals surface area contributed by atoms with Crippen LogP contribution < -0.4 is 0 Å². The number of aromatic nitrogens is 2. The lowest BCUT2D eigenvalue weighted by Gasteiger charge is -2.34. The highest BCUT2D eigenvalue weighted by molar-refractivity contribution is 5.94. The summed E-state index contributed by atoms with van der Waals surface area (Å²) in [6.45, 7) is 3.54. The van der Waals surface area contributed by atoms with Crippen molar-refractivity contribution in [2.45, 2.75) is 19.9 Å². The number of amides is 1. The maximum atomic E-state index is 12.7. The lowest BCUT2D eigenvalue weighted by molar-refractivity contribution is -0.143. The molecule has 24 heavy (non-hydrogen) atoms. The first-order valence-electron chi connectivity index (χ1n) is 8.11. The van der Waals surface area contributed by atoms with Gasteiger partial charge in [0.1, 0.15) is 0 Å². The molecule has 3 rings (SSSR count). The van der Waals surface area contributed by atoms with Gasteiger partial charge in [-0.2, -0.15) is 5.10 Å². The van der Waals surface area contributed by atoms with E-state index in [1.165, 1.54) is 0 Å². The Kier molecular flexibility index (Phi) is 4.64. The van der Waals surface area contributed by atoms with Crippen molar-refractivity contribution in [1.29, 1.82) is 0 Å². The third-order valence-corrected chi connectivity index (χ3v) is 4.40. The molecule has 2 aromatic rings. The first-order valence-corrected chi connectivity index (χ1v) is 8.11. The second-order valence-corrected chi connectivity index (χ2v) is 6.49. The van der Waals surface area contributed by atoms with Crippen LogP contribution in [0.2, 0.25) is 0 Å². The normalized spacial score (nSPS) is 20.8. The largest absolute Gasteiger partial charge is 0.481 e. The summed E-state index contributed by atoms with van der Waals surface area (Å²) in [5.74, 6) is -1.20. The molecule has 2 atom stereocenters. The van der Waals surface area contributed by atoms with Crippen molar-refractivity contribution in [3.63, 3.8) is 0 Å². The molecule has 1 aliphatic heterocycles. The summed E-state index contributed by atoms with van der Waals surface area (Å²) in [7, 11) is 0.